The quantitative estimate of drug-likeness (QED) is 0.937. The Morgan fingerprint density at radius 3 is 2.53 bits per heavy atom. The molecule has 1 aromatic heterocycles. The summed E-state index contributed by atoms with van der Waals surface area (Å²) in [5, 5.41) is 2.53. The fourth-order valence-electron chi connectivity index (χ4n) is 1.65. The molecule has 1 amide bonds. The summed E-state index contributed by atoms with van der Waals surface area (Å²) in [7, 11) is 1.75. The number of aryl methyl sites for hydroxylation is 1. The van der Waals surface area contributed by atoms with Crippen LogP contribution in [0.2, 0.25) is 0 Å². The van der Waals surface area contributed by atoms with E-state index < -0.39 is 0 Å². The minimum Gasteiger partial charge on any atom is -0.322 e. The highest BCUT2D eigenvalue weighted by molar-refractivity contribution is 7.09. The first kappa shape index (κ1) is 13.7. The van der Waals surface area contributed by atoms with Crippen molar-refractivity contribution in [1.29, 1.82) is 0 Å². The van der Waals surface area contributed by atoms with Gasteiger partial charge in [-0.3, -0.25) is 4.79 Å². The van der Waals surface area contributed by atoms with Gasteiger partial charge in [0.25, 0.3) is 5.91 Å². The first-order chi connectivity index (χ1) is 8.99. The van der Waals surface area contributed by atoms with Crippen molar-refractivity contribution in [2.75, 3.05) is 11.9 Å². The van der Waals surface area contributed by atoms with E-state index in [0.717, 1.165) is 16.3 Å². The number of hydrogen-bond donors (Lipinski definition) is 1. The molecule has 0 bridgehead atoms. The maximum absolute atomic E-state index is 12.3. The van der Waals surface area contributed by atoms with Gasteiger partial charge in [-0.05, 0) is 26.0 Å². The lowest BCUT2D eigenvalue weighted by molar-refractivity contribution is 0.0988. The summed E-state index contributed by atoms with van der Waals surface area (Å²) in [6, 6.07) is 7.66. The molecule has 2 aromatic rings. The van der Waals surface area contributed by atoms with Crippen molar-refractivity contribution in [1.82, 2.24) is 4.98 Å². The lowest BCUT2D eigenvalue weighted by Gasteiger charge is -2.16. The lowest BCUT2D eigenvalue weighted by Crippen LogP contribution is -2.26. The molecule has 1 aromatic carbocycles. The topological polar surface area (TPSA) is 59.2 Å². The Morgan fingerprint density at radius 1 is 1.37 bits per heavy atom. The third-order valence-electron chi connectivity index (χ3n) is 2.86. The Bertz CT molecular complexity index is 575. The number of nitrogens with two attached hydrogens (primary N) is 1. The third kappa shape index (κ3) is 3.00. The predicted molar refractivity (Wildman–Crippen MR) is 78.6 cm³/mol. The molecule has 1 unspecified atom stereocenters. The van der Waals surface area contributed by atoms with Gasteiger partial charge in [-0.2, -0.15) is 0 Å². The number of thiazole rings is 1. The SMILES string of the molecule is Cc1ccc(N(C)C(=O)c2csc(C(C)N)n2)cc1. The highest BCUT2D eigenvalue weighted by Gasteiger charge is 2.17. The number of aromatic nitrogens is 1. The highest BCUT2D eigenvalue weighted by atomic mass is 32.1. The molecule has 0 saturated carbocycles. The van der Waals surface area contributed by atoms with Crippen LogP contribution in [0.5, 0.6) is 0 Å². The van der Waals surface area contributed by atoms with E-state index in [4.69, 9.17) is 5.73 Å². The molecule has 0 spiro atoms. The average molecular weight is 275 g/mol. The van der Waals surface area contributed by atoms with Crippen LogP contribution >= 0.6 is 11.3 Å². The van der Waals surface area contributed by atoms with E-state index in [9.17, 15) is 4.79 Å². The average Bonchev–Trinajstić information content (AvgIpc) is 2.87. The standard InChI is InChI=1S/C14H17N3OS/c1-9-4-6-11(7-5-9)17(3)14(18)12-8-19-13(16-12)10(2)15/h4-8,10H,15H2,1-3H3. The number of nitrogens with zero attached hydrogens (tertiary/aromatic N) is 2. The van der Waals surface area contributed by atoms with Crippen LogP contribution in [-0.4, -0.2) is 17.9 Å². The second kappa shape index (κ2) is 5.50. The van der Waals surface area contributed by atoms with E-state index in [2.05, 4.69) is 4.98 Å². The number of anilines is 1. The number of rotatable bonds is 3. The summed E-state index contributed by atoms with van der Waals surface area (Å²) in [4.78, 5) is 18.2. The number of amides is 1. The molecule has 2 N–H and O–H groups in total. The van der Waals surface area contributed by atoms with Crippen LogP contribution in [0.3, 0.4) is 0 Å². The number of carbonyl (C=O) groups is 1. The van der Waals surface area contributed by atoms with Crippen molar-refractivity contribution in [3.05, 3.63) is 45.9 Å². The Hall–Kier alpha value is -1.72. The minimum atomic E-state index is -0.142. The molecule has 1 heterocycles. The van der Waals surface area contributed by atoms with Gasteiger partial charge in [0.1, 0.15) is 10.7 Å². The molecular weight excluding hydrogens is 258 g/mol. The van der Waals surface area contributed by atoms with Gasteiger partial charge < -0.3 is 10.6 Å². The minimum absolute atomic E-state index is 0.119. The maximum atomic E-state index is 12.3. The first-order valence-corrected chi connectivity index (χ1v) is 6.92. The van der Waals surface area contributed by atoms with Crippen LogP contribution in [0.25, 0.3) is 0 Å². The zero-order valence-corrected chi connectivity index (χ0v) is 12.1. The molecule has 2 rings (SSSR count). The molecule has 0 aliphatic heterocycles. The Kier molecular flexibility index (Phi) is 3.97. The smallest absolute Gasteiger partial charge is 0.277 e. The number of carbonyl (C=O) groups excluding carboxylic acids is 1. The highest BCUT2D eigenvalue weighted by Crippen LogP contribution is 2.20. The van der Waals surface area contributed by atoms with Crippen molar-refractivity contribution < 1.29 is 4.79 Å². The Labute approximate surface area is 116 Å². The van der Waals surface area contributed by atoms with E-state index in [-0.39, 0.29) is 11.9 Å². The van der Waals surface area contributed by atoms with Crippen molar-refractivity contribution in [2.45, 2.75) is 19.9 Å². The fraction of sp³-hybridized carbons (Fsp3) is 0.286. The van der Waals surface area contributed by atoms with E-state index in [1.54, 1.807) is 17.3 Å². The molecule has 0 fully saturated rings. The van der Waals surface area contributed by atoms with Gasteiger partial charge in [0.2, 0.25) is 0 Å². The van der Waals surface area contributed by atoms with Gasteiger partial charge in [0, 0.05) is 18.1 Å². The molecule has 19 heavy (non-hydrogen) atoms. The zero-order valence-electron chi connectivity index (χ0n) is 11.3. The van der Waals surface area contributed by atoms with Crippen molar-refractivity contribution >= 4 is 22.9 Å². The Balaban J connectivity index is 2.20. The van der Waals surface area contributed by atoms with Gasteiger partial charge in [-0.1, -0.05) is 17.7 Å². The monoisotopic (exact) mass is 275 g/mol. The van der Waals surface area contributed by atoms with E-state index >= 15 is 0 Å². The predicted octanol–water partition coefficient (Wildman–Crippen LogP) is 2.75. The Morgan fingerprint density at radius 2 is 2.00 bits per heavy atom. The molecule has 1 atom stereocenters. The normalized spacial score (nSPS) is 12.2. The molecule has 0 saturated heterocycles. The van der Waals surface area contributed by atoms with Crippen LogP contribution in [0.15, 0.2) is 29.6 Å². The maximum Gasteiger partial charge on any atom is 0.277 e. The number of hydrogen-bond acceptors (Lipinski definition) is 4. The van der Waals surface area contributed by atoms with Crippen LogP contribution in [0.1, 0.15) is 34.0 Å². The molecule has 0 radical (unpaired) electrons. The molecule has 0 aliphatic carbocycles. The van der Waals surface area contributed by atoms with Crippen LogP contribution < -0.4 is 10.6 Å². The van der Waals surface area contributed by atoms with Crippen molar-refractivity contribution in [3.63, 3.8) is 0 Å². The van der Waals surface area contributed by atoms with Gasteiger partial charge in [0.05, 0.1) is 6.04 Å². The molecule has 100 valence electrons. The lowest BCUT2D eigenvalue weighted by atomic mass is 10.2. The molecule has 4 nitrogen and oxygen atoms in total. The summed E-state index contributed by atoms with van der Waals surface area (Å²) < 4.78 is 0. The van der Waals surface area contributed by atoms with Crippen LogP contribution in [0.4, 0.5) is 5.69 Å². The van der Waals surface area contributed by atoms with E-state index in [1.165, 1.54) is 11.3 Å². The van der Waals surface area contributed by atoms with E-state index in [0.29, 0.717) is 5.69 Å². The largest absolute Gasteiger partial charge is 0.322 e. The summed E-state index contributed by atoms with van der Waals surface area (Å²) in [6.07, 6.45) is 0. The second-order valence-corrected chi connectivity index (χ2v) is 5.45. The molecular formula is C14H17N3OS. The summed E-state index contributed by atoms with van der Waals surface area (Å²) in [6.45, 7) is 3.87. The number of benzene rings is 1. The van der Waals surface area contributed by atoms with Crippen LogP contribution in [-0.2, 0) is 0 Å². The van der Waals surface area contributed by atoms with Crippen LogP contribution in [0, 0.1) is 6.92 Å². The zero-order chi connectivity index (χ0) is 14.0. The van der Waals surface area contributed by atoms with Crippen molar-refractivity contribution in [2.24, 2.45) is 5.73 Å². The van der Waals surface area contributed by atoms with Crippen molar-refractivity contribution in [3.8, 4) is 0 Å². The molecule has 5 heteroatoms. The summed E-state index contributed by atoms with van der Waals surface area (Å²) in [5.41, 5.74) is 8.22. The van der Waals surface area contributed by atoms with Gasteiger partial charge in [-0.25, -0.2) is 4.98 Å². The second-order valence-electron chi connectivity index (χ2n) is 4.56. The third-order valence-corrected chi connectivity index (χ3v) is 3.90. The summed E-state index contributed by atoms with van der Waals surface area (Å²) >= 11 is 1.42. The van der Waals surface area contributed by atoms with Gasteiger partial charge in [0.15, 0.2) is 0 Å². The van der Waals surface area contributed by atoms with Gasteiger partial charge in [-0.15, -0.1) is 11.3 Å². The molecule has 0 aliphatic rings. The van der Waals surface area contributed by atoms with E-state index in [1.807, 2.05) is 38.1 Å². The van der Waals surface area contributed by atoms with Gasteiger partial charge >= 0.3 is 0 Å². The fourth-order valence-corrected chi connectivity index (χ4v) is 2.40. The first-order valence-electron chi connectivity index (χ1n) is 6.04. The summed E-state index contributed by atoms with van der Waals surface area (Å²) in [5.74, 6) is -0.119.